The number of hydrogen-bond acceptors (Lipinski definition) is 2. The van der Waals surface area contributed by atoms with E-state index in [1.165, 1.54) is 58.2 Å². The molecule has 2 heterocycles. The van der Waals surface area contributed by atoms with Gasteiger partial charge in [0.25, 0.3) is 0 Å². The van der Waals surface area contributed by atoms with Gasteiger partial charge in [0.15, 0.2) is 0 Å². The lowest BCUT2D eigenvalue weighted by atomic mass is 9.92. The molecule has 0 radical (unpaired) electrons. The first-order valence-electron chi connectivity index (χ1n) is 7.25. The maximum atomic E-state index is 3.60. The Morgan fingerprint density at radius 1 is 1.19 bits per heavy atom. The summed E-state index contributed by atoms with van der Waals surface area (Å²) >= 11 is 0. The average molecular weight is 224 g/mol. The Labute approximate surface area is 101 Å². The zero-order valence-electron chi connectivity index (χ0n) is 11.0. The Hall–Kier alpha value is -0.0800. The third kappa shape index (κ3) is 3.21. The Morgan fingerprint density at radius 3 is 2.81 bits per heavy atom. The maximum absolute atomic E-state index is 3.60. The van der Waals surface area contributed by atoms with Gasteiger partial charge in [-0.3, -0.25) is 0 Å². The van der Waals surface area contributed by atoms with Crippen LogP contribution in [-0.2, 0) is 0 Å². The molecule has 0 spiro atoms. The summed E-state index contributed by atoms with van der Waals surface area (Å²) in [4.78, 5) is 2.71. The molecule has 2 saturated heterocycles. The van der Waals surface area contributed by atoms with Crippen LogP contribution in [0.1, 0.15) is 52.4 Å². The van der Waals surface area contributed by atoms with E-state index in [1.54, 1.807) is 0 Å². The molecule has 2 nitrogen and oxygen atoms in total. The molecule has 0 aromatic carbocycles. The van der Waals surface area contributed by atoms with Crippen molar-refractivity contribution in [2.45, 2.75) is 64.5 Å². The van der Waals surface area contributed by atoms with Crippen molar-refractivity contribution < 1.29 is 0 Å². The summed E-state index contributed by atoms with van der Waals surface area (Å²) in [5, 5.41) is 3.60. The third-order valence-electron chi connectivity index (χ3n) is 4.66. The lowest BCUT2D eigenvalue weighted by Crippen LogP contribution is -2.43. The van der Waals surface area contributed by atoms with E-state index in [0.717, 1.165) is 18.0 Å². The predicted molar refractivity (Wildman–Crippen MR) is 69.7 cm³/mol. The molecule has 2 aliphatic rings. The van der Waals surface area contributed by atoms with E-state index in [4.69, 9.17) is 0 Å². The van der Waals surface area contributed by atoms with E-state index >= 15 is 0 Å². The quantitative estimate of drug-likeness (QED) is 0.790. The van der Waals surface area contributed by atoms with Crippen molar-refractivity contribution in [2.24, 2.45) is 5.92 Å². The zero-order chi connectivity index (χ0) is 11.4. The molecule has 0 saturated carbocycles. The molecule has 2 fully saturated rings. The summed E-state index contributed by atoms with van der Waals surface area (Å²) in [6.07, 6.45) is 8.41. The van der Waals surface area contributed by atoms with Crippen LogP contribution in [0.15, 0.2) is 0 Å². The lowest BCUT2D eigenvalue weighted by molar-refractivity contribution is 0.111. The summed E-state index contributed by atoms with van der Waals surface area (Å²) in [6.45, 7) is 8.74. The molecule has 2 rings (SSSR count). The van der Waals surface area contributed by atoms with Crippen LogP contribution >= 0.6 is 0 Å². The predicted octanol–water partition coefficient (Wildman–Crippen LogP) is 2.64. The number of nitrogens with one attached hydrogen (secondary N) is 1. The molecule has 0 bridgehead atoms. The molecular formula is C14H28N2. The van der Waals surface area contributed by atoms with Gasteiger partial charge in [-0.05, 0) is 71.0 Å². The molecule has 0 aromatic heterocycles. The van der Waals surface area contributed by atoms with Crippen LogP contribution in [0.5, 0.6) is 0 Å². The van der Waals surface area contributed by atoms with Crippen LogP contribution in [0.2, 0.25) is 0 Å². The Balaban J connectivity index is 1.64. The van der Waals surface area contributed by atoms with Crippen LogP contribution in [0.25, 0.3) is 0 Å². The van der Waals surface area contributed by atoms with Crippen LogP contribution in [0.4, 0.5) is 0 Å². The monoisotopic (exact) mass is 224 g/mol. The lowest BCUT2D eigenvalue weighted by Gasteiger charge is -2.38. The van der Waals surface area contributed by atoms with Crippen molar-refractivity contribution in [3.63, 3.8) is 0 Å². The smallest absolute Gasteiger partial charge is 0.00925 e. The molecule has 94 valence electrons. The average Bonchev–Trinajstić information content (AvgIpc) is 2.77. The fraction of sp³-hybridized carbons (Fsp3) is 1.00. The highest BCUT2D eigenvalue weighted by Gasteiger charge is 2.24. The topological polar surface area (TPSA) is 15.3 Å². The van der Waals surface area contributed by atoms with Gasteiger partial charge in [0.2, 0.25) is 0 Å². The van der Waals surface area contributed by atoms with Crippen molar-refractivity contribution >= 4 is 0 Å². The van der Waals surface area contributed by atoms with Gasteiger partial charge < -0.3 is 10.2 Å². The number of hydrogen-bond donors (Lipinski definition) is 1. The molecule has 0 aliphatic carbocycles. The summed E-state index contributed by atoms with van der Waals surface area (Å²) in [5.74, 6) is 0.901. The molecule has 2 aliphatic heterocycles. The van der Waals surface area contributed by atoms with Crippen molar-refractivity contribution in [2.75, 3.05) is 19.6 Å². The highest BCUT2D eigenvalue weighted by atomic mass is 15.2. The Morgan fingerprint density at radius 2 is 2.06 bits per heavy atom. The largest absolute Gasteiger partial charge is 0.314 e. The van der Waals surface area contributed by atoms with Gasteiger partial charge in [-0.25, -0.2) is 0 Å². The SMILES string of the molecule is CC1CCCN(CCCC2CCCN2)C1C. The van der Waals surface area contributed by atoms with Crippen LogP contribution in [-0.4, -0.2) is 36.6 Å². The fourth-order valence-electron chi connectivity index (χ4n) is 3.28. The summed E-state index contributed by atoms with van der Waals surface area (Å²) in [7, 11) is 0. The molecule has 0 aromatic rings. The molecule has 3 atom stereocenters. The van der Waals surface area contributed by atoms with Crippen LogP contribution < -0.4 is 5.32 Å². The van der Waals surface area contributed by atoms with Crippen molar-refractivity contribution in [1.82, 2.24) is 10.2 Å². The fourth-order valence-corrected chi connectivity index (χ4v) is 3.28. The minimum absolute atomic E-state index is 0.810. The Kier molecular flexibility index (Phi) is 4.66. The van der Waals surface area contributed by atoms with Gasteiger partial charge in [0, 0.05) is 12.1 Å². The highest BCUT2D eigenvalue weighted by Crippen LogP contribution is 2.23. The molecule has 3 unspecified atom stereocenters. The maximum Gasteiger partial charge on any atom is 0.00925 e. The number of rotatable bonds is 4. The van der Waals surface area contributed by atoms with Crippen molar-refractivity contribution in [3.05, 3.63) is 0 Å². The van der Waals surface area contributed by atoms with E-state index in [9.17, 15) is 0 Å². The minimum atomic E-state index is 0.810. The summed E-state index contributed by atoms with van der Waals surface area (Å²) in [5.41, 5.74) is 0. The first-order valence-corrected chi connectivity index (χ1v) is 7.25. The van der Waals surface area contributed by atoms with E-state index in [2.05, 4.69) is 24.1 Å². The summed E-state index contributed by atoms with van der Waals surface area (Å²) < 4.78 is 0. The van der Waals surface area contributed by atoms with E-state index < -0.39 is 0 Å². The van der Waals surface area contributed by atoms with Gasteiger partial charge in [0.05, 0.1) is 0 Å². The van der Waals surface area contributed by atoms with Gasteiger partial charge in [-0.1, -0.05) is 6.92 Å². The second-order valence-corrected chi connectivity index (χ2v) is 5.83. The first kappa shape index (κ1) is 12.4. The second kappa shape index (κ2) is 6.02. The molecule has 2 heteroatoms. The zero-order valence-corrected chi connectivity index (χ0v) is 11.0. The highest BCUT2D eigenvalue weighted by molar-refractivity contribution is 4.80. The van der Waals surface area contributed by atoms with Gasteiger partial charge in [-0.15, -0.1) is 0 Å². The number of piperidine rings is 1. The molecule has 0 amide bonds. The molecule has 16 heavy (non-hydrogen) atoms. The number of likely N-dealkylation sites (tertiary alicyclic amines) is 1. The van der Waals surface area contributed by atoms with Gasteiger partial charge in [0.1, 0.15) is 0 Å². The standard InChI is InChI=1S/C14H28N2/c1-12-6-4-10-16(13(12)2)11-5-8-14-7-3-9-15-14/h12-15H,3-11H2,1-2H3. The van der Waals surface area contributed by atoms with Crippen LogP contribution in [0.3, 0.4) is 0 Å². The first-order chi connectivity index (χ1) is 7.77. The van der Waals surface area contributed by atoms with E-state index in [1.807, 2.05) is 0 Å². The third-order valence-corrected chi connectivity index (χ3v) is 4.66. The molecule has 1 N–H and O–H groups in total. The van der Waals surface area contributed by atoms with Crippen molar-refractivity contribution in [3.8, 4) is 0 Å². The summed E-state index contributed by atoms with van der Waals surface area (Å²) in [6, 6.07) is 1.64. The number of nitrogens with zero attached hydrogens (tertiary/aromatic N) is 1. The minimum Gasteiger partial charge on any atom is -0.314 e. The van der Waals surface area contributed by atoms with Gasteiger partial charge >= 0.3 is 0 Å². The van der Waals surface area contributed by atoms with E-state index in [0.29, 0.717) is 0 Å². The van der Waals surface area contributed by atoms with Crippen molar-refractivity contribution in [1.29, 1.82) is 0 Å². The molecular weight excluding hydrogens is 196 g/mol. The van der Waals surface area contributed by atoms with E-state index in [-0.39, 0.29) is 0 Å². The van der Waals surface area contributed by atoms with Gasteiger partial charge in [-0.2, -0.15) is 0 Å². The Bertz CT molecular complexity index is 199. The second-order valence-electron chi connectivity index (χ2n) is 5.83. The normalized spacial score (nSPS) is 36.8. The van der Waals surface area contributed by atoms with Crippen LogP contribution in [0, 0.1) is 5.92 Å².